The minimum absolute atomic E-state index is 0.512. The number of hydrazine groups is 1. The fraction of sp³-hybridized carbons (Fsp3) is 0.400. The molecule has 0 aromatic rings. The van der Waals surface area contributed by atoms with Crippen LogP contribution < -0.4 is 11.2 Å². The van der Waals surface area contributed by atoms with Gasteiger partial charge in [0.15, 0.2) is 0 Å². The van der Waals surface area contributed by atoms with E-state index < -0.39 is 6.03 Å². The van der Waals surface area contributed by atoms with E-state index in [1.165, 1.54) is 0 Å². The molecule has 50 valence electrons. The topological polar surface area (TPSA) is 58.4 Å². The maximum atomic E-state index is 10.2. The van der Waals surface area contributed by atoms with E-state index in [-0.39, 0.29) is 0 Å². The van der Waals surface area contributed by atoms with Gasteiger partial charge in [0.2, 0.25) is 0 Å². The Hall–Kier alpha value is -1.19. The molecule has 0 aliphatic carbocycles. The van der Waals surface area contributed by atoms with Gasteiger partial charge in [0, 0.05) is 12.7 Å². The second-order valence-electron chi connectivity index (χ2n) is 1.84. The molecule has 0 fully saturated rings. The lowest BCUT2D eigenvalue weighted by atomic mass is 10.5. The predicted octanol–water partition coefficient (Wildman–Crippen LogP) is -0.211. The highest BCUT2D eigenvalue weighted by Gasteiger charge is 2.03. The number of nitrogens with one attached hydrogen (secondary N) is 1. The summed E-state index contributed by atoms with van der Waals surface area (Å²) in [5.41, 5.74) is 7.27. The van der Waals surface area contributed by atoms with E-state index in [4.69, 9.17) is 5.73 Å². The average Bonchev–Trinajstić information content (AvgIpc) is 2.15. The van der Waals surface area contributed by atoms with E-state index >= 15 is 0 Å². The standard InChI is InChI=1S/C5H9N3O/c6-5(9)7-8-3-1-2-4-8/h1,3H,2,4H2,(H3,6,7,9). The summed E-state index contributed by atoms with van der Waals surface area (Å²) in [5.74, 6) is 0. The molecule has 1 rings (SSSR count). The highest BCUT2D eigenvalue weighted by Crippen LogP contribution is 1.98. The van der Waals surface area contributed by atoms with Gasteiger partial charge < -0.3 is 5.73 Å². The summed E-state index contributed by atoms with van der Waals surface area (Å²) in [6.07, 6.45) is 4.74. The maximum Gasteiger partial charge on any atom is 0.330 e. The first-order valence-electron chi connectivity index (χ1n) is 2.78. The molecule has 9 heavy (non-hydrogen) atoms. The van der Waals surface area contributed by atoms with Crippen LogP contribution in [0, 0.1) is 0 Å². The Labute approximate surface area is 53.3 Å². The number of urea groups is 1. The molecule has 4 heteroatoms. The zero-order valence-corrected chi connectivity index (χ0v) is 5.00. The van der Waals surface area contributed by atoms with Crippen molar-refractivity contribution in [3.63, 3.8) is 0 Å². The summed E-state index contributed by atoms with van der Waals surface area (Å²) in [5, 5.41) is 1.66. The molecule has 0 bridgehead atoms. The first kappa shape index (κ1) is 5.94. The van der Waals surface area contributed by atoms with Crippen LogP contribution >= 0.6 is 0 Å². The van der Waals surface area contributed by atoms with Gasteiger partial charge in [0.1, 0.15) is 0 Å². The van der Waals surface area contributed by atoms with Crippen LogP contribution in [0.15, 0.2) is 12.3 Å². The lowest BCUT2D eigenvalue weighted by molar-refractivity contribution is 0.222. The lowest BCUT2D eigenvalue weighted by Crippen LogP contribution is -2.40. The van der Waals surface area contributed by atoms with Gasteiger partial charge in [-0.3, -0.25) is 5.01 Å². The third kappa shape index (κ3) is 1.64. The quantitative estimate of drug-likeness (QED) is 0.512. The summed E-state index contributed by atoms with van der Waals surface area (Å²) in [4.78, 5) is 10.2. The Morgan fingerprint density at radius 2 is 2.56 bits per heavy atom. The summed E-state index contributed by atoms with van der Waals surface area (Å²) < 4.78 is 0. The Balaban J connectivity index is 2.28. The normalized spacial score (nSPS) is 16.2. The van der Waals surface area contributed by atoms with Gasteiger partial charge in [-0.1, -0.05) is 6.08 Å². The fourth-order valence-corrected chi connectivity index (χ4v) is 0.725. The number of hydrogen-bond donors (Lipinski definition) is 2. The Morgan fingerprint density at radius 3 is 3.00 bits per heavy atom. The molecule has 4 nitrogen and oxygen atoms in total. The molecule has 2 amide bonds. The average molecular weight is 127 g/mol. The summed E-state index contributed by atoms with van der Waals surface area (Å²) in [6, 6.07) is -0.512. The first-order chi connectivity index (χ1) is 4.29. The van der Waals surface area contributed by atoms with Gasteiger partial charge in [-0.15, -0.1) is 0 Å². The van der Waals surface area contributed by atoms with Gasteiger partial charge in [0.25, 0.3) is 0 Å². The number of hydrogen-bond acceptors (Lipinski definition) is 2. The third-order valence-electron chi connectivity index (χ3n) is 1.08. The third-order valence-corrected chi connectivity index (χ3v) is 1.08. The highest BCUT2D eigenvalue weighted by molar-refractivity contribution is 5.71. The number of amides is 2. The van der Waals surface area contributed by atoms with Crippen LogP contribution in [0.2, 0.25) is 0 Å². The Morgan fingerprint density at radius 1 is 1.78 bits per heavy atom. The molecule has 0 aromatic carbocycles. The van der Waals surface area contributed by atoms with Crippen LogP contribution in [0.5, 0.6) is 0 Å². The van der Waals surface area contributed by atoms with Gasteiger partial charge in [-0.05, 0) is 6.42 Å². The SMILES string of the molecule is NC(=O)NN1C=CCC1. The zero-order valence-electron chi connectivity index (χ0n) is 5.00. The Kier molecular flexibility index (Phi) is 1.58. The first-order valence-corrected chi connectivity index (χ1v) is 2.78. The van der Waals surface area contributed by atoms with Crippen LogP contribution in [0.3, 0.4) is 0 Å². The molecule has 0 saturated carbocycles. The van der Waals surface area contributed by atoms with Crippen molar-refractivity contribution < 1.29 is 4.79 Å². The molecule has 0 atom stereocenters. The molecule has 1 aliphatic rings. The second kappa shape index (κ2) is 2.39. The molecular weight excluding hydrogens is 118 g/mol. The van der Waals surface area contributed by atoms with Crippen molar-refractivity contribution in [2.45, 2.75) is 6.42 Å². The van der Waals surface area contributed by atoms with E-state index in [9.17, 15) is 4.79 Å². The van der Waals surface area contributed by atoms with Gasteiger partial charge >= 0.3 is 6.03 Å². The number of rotatable bonds is 1. The van der Waals surface area contributed by atoms with Crippen LogP contribution in [0.4, 0.5) is 4.79 Å². The number of carbonyl (C=O) groups excluding carboxylic acids is 1. The molecule has 0 spiro atoms. The molecule has 1 aliphatic heterocycles. The van der Waals surface area contributed by atoms with Crippen molar-refractivity contribution in [1.29, 1.82) is 0 Å². The smallest absolute Gasteiger partial charge is 0.330 e. The number of carbonyl (C=O) groups is 1. The maximum absolute atomic E-state index is 10.2. The molecular formula is C5H9N3O. The van der Waals surface area contributed by atoms with Crippen molar-refractivity contribution in [1.82, 2.24) is 10.4 Å². The summed E-state index contributed by atoms with van der Waals surface area (Å²) in [6.45, 7) is 0.822. The van der Waals surface area contributed by atoms with E-state index in [1.54, 1.807) is 11.2 Å². The van der Waals surface area contributed by atoms with Crippen molar-refractivity contribution in [3.05, 3.63) is 12.3 Å². The molecule has 1 heterocycles. The van der Waals surface area contributed by atoms with E-state index in [0.717, 1.165) is 13.0 Å². The predicted molar refractivity (Wildman–Crippen MR) is 33.2 cm³/mol. The molecule has 0 aromatic heterocycles. The van der Waals surface area contributed by atoms with Gasteiger partial charge in [-0.25, -0.2) is 10.2 Å². The van der Waals surface area contributed by atoms with Crippen LogP contribution in [0.1, 0.15) is 6.42 Å². The summed E-state index contributed by atoms with van der Waals surface area (Å²) in [7, 11) is 0. The molecule has 3 N–H and O–H groups in total. The number of nitrogens with zero attached hydrogens (tertiary/aromatic N) is 1. The number of nitrogens with two attached hydrogens (primary N) is 1. The van der Waals surface area contributed by atoms with Crippen molar-refractivity contribution in [2.24, 2.45) is 5.73 Å². The summed E-state index contributed by atoms with van der Waals surface area (Å²) >= 11 is 0. The van der Waals surface area contributed by atoms with Crippen molar-refractivity contribution in [3.8, 4) is 0 Å². The minimum Gasteiger partial charge on any atom is -0.350 e. The van der Waals surface area contributed by atoms with Crippen LogP contribution in [0.25, 0.3) is 0 Å². The molecule has 0 saturated heterocycles. The van der Waals surface area contributed by atoms with Crippen LogP contribution in [-0.4, -0.2) is 17.6 Å². The molecule has 0 unspecified atom stereocenters. The van der Waals surface area contributed by atoms with Gasteiger partial charge in [-0.2, -0.15) is 0 Å². The fourth-order valence-electron chi connectivity index (χ4n) is 0.725. The van der Waals surface area contributed by atoms with E-state index in [0.29, 0.717) is 0 Å². The van der Waals surface area contributed by atoms with Crippen molar-refractivity contribution in [2.75, 3.05) is 6.54 Å². The van der Waals surface area contributed by atoms with Crippen LogP contribution in [-0.2, 0) is 0 Å². The second-order valence-corrected chi connectivity index (χ2v) is 1.84. The Bertz CT molecular complexity index is 143. The molecule has 0 radical (unpaired) electrons. The van der Waals surface area contributed by atoms with Gasteiger partial charge in [0.05, 0.1) is 0 Å². The monoisotopic (exact) mass is 127 g/mol. The van der Waals surface area contributed by atoms with E-state index in [2.05, 4.69) is 5.43 Å². The highest BCUT2D eigenvalue weighted by atomic mass is 16.2. The zero-order chi connectivity index (χ0) is 6.69. The number of primary amides is 1. The minimum atomic E-state index is -0.512. The lowest BCUT2D eigenvalue weighted by Gasteiger charge is -2.13. The largest absolute Gasteiger partial charge is 0.350 e. The van der Waals surface area contributed by atoms with E-state index in [1.807, 2.05) is 6.08 Å². The van der Waals surface area contributed by atoms with Crippen molar-refractivity contribution >= 4 is 6.03 Å².